The molecular formula is C16H10Cl3F2N3O2S. The Morgan fingerprint density at radius 2 is 1.78 bits per heavy atom. The topological polar surface area (TPSA) is 64.0 Å². The molecule has 0 spiro atoms. The fraction of sp³-hybridized carbons (Fsp3) is 0.0625. The summed E-state index contributed by atoms with van der Waals surface area (Å²) in [5.74, 6) is -2.33. The molecule has 2 aromatic carbocycles. The second-order valence-electron chi connectivity index (χ2n) is 5.44. The molecule has 1 aromatic heterocycles. The van der Waals surface area contributed by atoms with Crippen LogP contribution in [-0.2, 0) is 16.6 Å². The second kappa shape index (κ2) is 7.63. The fourth-order valence-electron chi connectivity index (χ4n) is 2.25. The van der Waals surface area contributed by atoms with Crippen LogP contribution in [0.3, 0.4) is 0 Å². The van der Waals surface area contributed by atoms with Crippen molar-refractivity contribution in [3.63, 3.8) is 0 Å². The number of anilines is 1. The minimum atomic E-state index is -4.35. The molecule has 3 rings (SSSR count). The number of sulfonamides is 1. The highest BCUT2D eigenvalue weighted by Gasteiger charge is 2.22. The molecule has 0 atom stereocenters. The minimum Gasteiger partial charge on any atom is -0.265 e. The Hall–Kier alpha value is -1.87. The van der Waals surface area contributed by atoms with Gasteiger partial charge in [0.1, 0.15) is 21.6 Å². The van der Waals surface area contributed by atoms with E-state index in [1.54, 1.807) is 18.2 Å². The Bertz CT molecular complexity index is 1120. The van der Waals surface area contributed by atoms with Crippen molar-refractivity contribution in [3.8, 4) is 0 Å². The average molecular weight is 453 g/mol. The van der Waals surface area contributed by atoms with Gasteiger partial charge in [-0.05, 0) is 29.8 Å². The summed E-state index contributed by atoms with van der Waals surface area (Å²) >= 11 is 18.0. The van der Waals surface area contributed by atoms with E-state index in [-0.39, 0.29) is 17.4 Å². The highest BCUT2D eigenvalue weighted by Crippen LogP contribution is 2.26. The lowest BCUT2D eigenvalue weighted by molar-refractivity contribution is 0.551. The van der Waals surface area contributed by atoms with Crippen molar-refractivity contribution in [1.29, 1.82) is 0 Å². The lowest BCUT2D eigenvalue weighted by Gasteiger charge is -2.07. The first kappa shape index (κ1) is 19.9. The fourth-order valence-corrected chi connectivity index (χ4v) is 4.05. The van der Waals surface area contributed by atoms with Crippen LogP contribution in [0.5, 0.6) is 0 Å². The number of benzene rings is 2. The zero-order valence-corrected chi connectivity index (χ0v) is 16.3. The Labute approximate surface area is 168 Å². The molecule has 11 heteroatoms. The van der Waals surface area contributed by atoms with E-state index in [9.17, 15) is 17.2 Å². The standard InChI is InChI=1S/C16H10Cl3F2N3O2S/c17-10-2-1-9(12(18)5-10)7-24-8-13(19)16(22-24)23-27(25,26)15-4-3-11(20)6-14(15)21/h1-6,8H,7H2,(H,22,23). The van der Waals surface area contributed by atoms with Gasteiger partial charge < -0.3 is 0 Å². The van der Waals surface area contributed by atoms with E-state index < -0.39 is 26.6 Å². The van der Waals surface area contributed by atoms with Crippen LogP contribution in [0, 0.1) is 11.6 Å². The minimum absolute atomic E-state index is 0.00817. The Morgan fingerprint density at radius 3 is 2.44 bits per heavy atom. The molecule has 27 heavy (non-hydrogen) atoms. The lowest BCUT2D eigenvalue weighted by Crippen LogP contribution is -2.15. The van der Waals surface area contributed by atoms with Gasteiger partial charge in [-0.2, -0.15) is 5.10 Å². The Kier molecular flexibility index (Phi) is 5.62. The van der Waals surface area contributed by atoms with Crippen LogP contribution in [0.15, 0.2) is 47.5 Å². The number of nitrogens with one attached hydrogen (secondary N) is 1. The highest BCUT2D eigenvalue weighted by atomic mass is 35.5. The molecule has 0 aliphatic heterocycles. The quantitative estimate of drug-likeness (QED) is 0.594. The van der Waals surface area contributed by atoms with Gasteiger partial charge in [0.2, 0.25) is 0 Å². The first-order valence-corrected chi connectivity index (χ1v) is 9.92. The molecular weight excluding hydrogens is 443 g/mol. The molecule has 5 nitrogen and oxygen atoms in total. The normalized spacial score (nSPS) is 11.6. The molecule has 3 aromatic rings. The van der Waals surface area contributed by atoms with Crippen molar-refractivity contribution in [1.82, 2.24) is 9.78 Å². The van der Waals surface area contributed by atoms with Gasteiger partial charge in [0, 0.05) is 22.3 Å². The van der Waals surface area contributed by atoms with Gasteiger partial charge in [0.15, 0.2) is 5.82 Å². The number of rotatable bonds is 5. The zero-order valence-electron chi connectivity index (χ0n) is 13.3. The summed E-state index contributed by atoms with van der Waals surface area (Å²) in [6, 6.07) is 7.01. The van der Waals surface area contributed by atoms with Crippen LogP contribution in [-0.4, -0.2) is 18.2 Å². The van der Waals surface area contributed by atoms with Crippen LogP contribution in [0.25, 0.3) is 0 Å². The zero-order chi connectivity index (χ0) is 19.8. The number of hydrogen-bond donors (Lipinski definition) is 1. The summed E-state index contributed by atoms with van der Waals surface area (Å²) in [6.07, 6.45) is 1.38. The number of aromatic nitrogens is 2. The third kappa shape index (κ3) is 4.52. The van der Waals surface area contributed by atoms with Crippen molar-refractivity contribution >= 4 is 50.6 Å². The summed E-state index contributed by atoms with van der Waals surface area (Å²) < 4.78 is 54.9. The van der Waals surface area contributed by atoms with Gasteiger partial charge in [-0.3, -0.25) is 9.40 Å². The van der Waals surface area contributed by atoms with Crippen molar-refractivity contribution in [2.24, 2.45) is 0 Å². The Balaban J connectivity index is 1.86. The van der Waals surface area contributed by atoms with Crippen molar-refractivity contribution in [3.05, 3.63) is 74.9 Å². The number of hydrogen-bond acceptors (Lipinski definition) is 3. The van der Waals surface area contributed by atoms with Crippen LogP contribution in [0.1, 0.15) is 5.56 Å². The SMILES string of the molecule is O=S(=O)(Nc1nn(Cc2ccc(Cl)cc2Cl)cc1Cl)c1ccc(F)cc1F. The van der Waals surface area contributed by atoms with Gasteiger partial charge in [-0.25, -0.2) is 17.2 Å². The molecule has 142 valence electrons. The predicted octanol–water partition coefficient (Wildman–Crippen LogP) is 4.97. The molecule has 0 fully saturated rings. The van der Waals surface area contributed by atoms with Gasteiger partial charge >= 0.3 is 0 Å². The second-order valence-corrected chi connectivity index (χ2v) is 8.34. The summed E-state index contributed by atoms with van der Waals surface area (Å²) in [5, 5.41) is 4.90. The highest BCUT2D eigenvalue weighted by molar-refractivity contribution is 7.92. The smallest absolute Gasteiger partial charge is 0.265 e. The van der Waals surface area contributed by atoms with Crippen molar-refractivity contribution < 1.29 is 17.2 Å². The van der Waals surface area contributed by atoms with Gasteiger partial charge in [0.25, 0.3) is 10.0 Å². The lowest BCUT2D eigenvalue weighted by atomic mass is 10.2. The van der Waals surface area contributed by atoms with E-state index in [0.29, 0.717) is 21.7 Å². The summed E-state index contributed by atoms with van der Waals surface area (Å²) in [7, 11) is -4.35. The maximum atomic E-state index is 13.8. The third-order valence-electron chi connectivity index (χ3n) is 3.48. The average Bonchev–Trinajstić information content (AvgIpc) is 2.88. The van der Waals surface area contributed by atoms with E-state index >= 15 is 0 Å². The molecule has 0 saturated carbocycles. The van der Waals surface area contributed by atoms with Crippen molar-refractivity contribution in [2.45, 2.75) is 11.4 Å². The van der Waals surface area contributed by atoms with Gasteiger partial charge in [-0.1, -0.05) is 40.9 Å². The third-order valence-corrected chi connectivity index (χ3v) is 5.71. The van der Waals surface area contributed by atoms with Crippen molar-refractivity contribution in [2.75, 3.05) is 4.72 Å². The first-order chi connectivity index (χ1) is 12.7. The van der Waals surface area contributed by atoms with E-state index in [0.717, 1.165) is 12.1 Å². The first-order valence-electron chi connectivity index (χ1n) is 7.30. The van der Waals surface area contributed by atoms with Crippen LogP contribution >= 0.6 is 34.8 Å². The largest absolute Gasteiger partial charge is 0.266 e. The molecule has 0 saturated heterocycles. The monoisotopic (exact) mass is 451 g/mol. The van der Waals surface area contributed by atoms with E-state index in [1.165, 1.54) is 10.9 Å². The summed E-state index contributed by atoms with van der Waals surface area (Å²) in [6.45, 7) is 0.197. The number of halogens is 5. The maximum absolute atomic E-state index is 13.8. The molecule has 0 aliphatic rings. The maximum Gasteiger partial charge on any atom is 0.266 e. The molecule has 1 N–H and O–H groups in total. The molecule has 0 aliphatic carbocycles. The summed E-state index contributed by atoms with van der Waals surface area (Å²) in [4.78, 5) is -0.727. The van der Waals surface area contributed by atoms with Gasteiger partial charge in [-0.15, -0.1) is 0 Å². The van der Waals surface area contributed by atoms with E-state index in [2.05, 4.69) is 9.82 Å². The number of nitrogens with zero attached hydrogens (tertiary/aromatic N) is 2. The van der Waals surface area contributed by atoms with Crippen LogP contribution in [0.4, 0.5) is 14.6 Å². The Morgan fingerprint density at radius 1 is 1.04 bits per heavy atom. The molecule has 0 radical (unpaired) electrons. The van der Waals surface area contributed by atoms with Crippen LogP contribution < -0.4 is 4.72 Å². The van der Waals surface area contributed by atoms with E-state index in [4.69, 9.17) is 34.8 Å². The predicted molar refractivity (Wildman–Crippen MR) is 100.0 cm³/mol. The molecule has 0 bridgehead atoms. The van der Waals surface area contributed by atoms with Crippen LogP contribution in [0.2, 0.25) is 15.1 Å². The summed E-state index contributed by atoms with van der Waals surface area (Å²) in [5.41, 5.74) is 0.680. The van der Waals surface area contributed by atoms with E-state index in [1.807, 2.05) is 0 Å². The van der Waals surface area contributed by atoms with Gasteiger partial charge in [0.05, 0.1) is 6.54 Å². The molecule has 1 heterocycles. The molecule has 0 unspecified atom stereocenters. The molecule has 0 amide bonds.